The molecular weight excluding hydrogens is 314 g/mol. The van der Waals surface area contributed by atoms with Crippen LogP contribution in [0.1, 0.15) is 19.2 Å². The molecule has 0 aromatic carbocycles. The Balaban J connectivity index is 1.46. The largest absolute Gasteiger partial charge is 0.357 e. The number of rotatable bonds is 8. The summed E-state index contributed by atoms with van der Waals surface area (Å²) in [7, 11) is 0. The van der Waals surface area contributed by atoms with Gasteiger partial charge in [-0.1, -0.05) is 6.07 Å². The second-order valence-electron chi connectivity index (χ2n) is 5.76. The zero-order chi connectivity index (χ0) is 17.3. The maximum Gasteiger partial charge on any atom is 0.191 e. The second kappa shape index (κ2) is 8.86. The van der Waals surface area contributed by atoms with Gasteiger partial charge < -0.3 is 15.2 Å². The molecule has 3 aromatic heterocycles. The Hall–Kier alpha value is -2.83. The average molecular weight is 339 g/mol. The number of aromatic nitrogens is 4. The van der Waals surface area contributed by atoms with Crippen LogP contribution in [0.3, 0.4) is 0 Å². The van der Waals surface area contributed by atoms with Crippen molar-refractivity contribution < 1.29 is 0 Å². The molecule has 0 aliphatic rings. The lowest BCUT2D eigenvalue weighted by molar-refractivity contribution is 0.664. The van der Waals surface area contributed by atoms with Crippen molar-refractivity contribution in [2.24, 2.45) is 4.99 Å². The topological polar surface area (TPSA) is 71.5 Å². The van der Waals surface area contributed by atoms with Crippen LogP contribution in [0, 0.1) is 0 Å². The van der Waals surface area contributed by atoms with E-state index >= 15 is 0 Å². The molecule has 132 valence electrons. The van der Waals surface area contributed by atoms with Gasteiger partial charge in [0, 0.05) is 51.2 Å². The third-order valence-corrected chi connectivity index (χ3v) is 3.89. The molecule has 0 fully saturated rings. The summed E-state index contributed by atoms with van der Waals surface area (Å²) in [6.07, 6.45) is 7.92. The van der Waals surface area contributed by atoms with Crippen LogP contribution >= 0.6 is 0 Å². The van der Waals surface area contributed by atoms with Crippen molar-refractivity contribution in [1.82, 2.24) is 29.8 Å². The van der Waals surface area contributed by atoms with Crippen LogP contribution in [0.25, 0.3) is 5.65 Å². The highest BCUT2D eigenvalue weighted by molar-refractivity contribution is 5.79. The highest BCUT2D eigenvalue weighted by atomic mass is 15.2. The fourth-order valence-electron chi connectivity index (χ4n) is 2.65. The van der Waals surface area contributed by atoms with Gasteiger partial charge in [-0.05, 0) is 37.6 Å². The minimum Gasteiger partial charge on any atom is -0.357 e. The molecule has 0 bridgehead atoms. The Morgan fingerprint density at radius 2 is 1.92 bits per heavy atom. The SMILES string of the molecule is CCNC(=NCCCc1nnc2ccccn12)NCCn1cccc1. The third-order valence-electron chi connectivity index (χ3n) is 3.89. The molecule has 0 atom stereocenters. The van der Waals surface area contributed by atoms with Crippen LogP contribution in [-0.2, 0) is 13.0 Å². The highest BCUT2D eigenvalue weighted by Crippen LogP contribution is 2.05. The van der Waals surface area contributed by atoms with E-state index in [0.717, 1.165) is 56.5 Å². The molecule has 0 spiro atoms. The summed E-state index contributed by atoms with van der Waals surface area (Å²) in [5, 5.41) is 15.1. The van der Waals surface area contributed by atoms with Gasteiger partial charge in [0.25, 0.3) is 0 Å². The number of nitrogens with one attached hydrogen (secondary N) is 2. The van der Waals surface area contributed by atoms with E-state index in [1.165, 1.54) is 0 Å². The lowest BCUT2D eigenvalue weighted by Gasteiger charge is -2.11. The summed E-state index contributed by atoms with van der Waals surface area (Å²) in [6, 6.07) is 10.0. The molecule has 0 unspecified atom stereocenters. The van der Waals surface area contributed by atoms with Gasteiger partial charge in [-0.2, -0.15) is 0 Å². The van der Waals surface area contributed by atoms with Crippen LogP contribution < -0.4 is 10.6 Å². The summed E-state index contributed by atoms with van der Waals surface area (Å²) >= 11 is 0. The lowest BCUT2D eigenvalue weighted by atomic mass is 10.3. The van der Waals surface area contributed by atoms with Gasteiger partial charge in [-0.15, -0.1) is 10.2 Å². The molecule has 3 aromatic rings. The molecular formula is C18H25N7. The van der Waals surface area contributed by atoms with E-state index in [1.54, 1.807) is 0 Å². The summed E-state index contributed by atoms with van der Waals surface area (Å²) < 4.78 is 4.18. The molecule has 3 heterocycles. The van der Waals surface area contributed by atoms with Crippen molar-refractivity contribution in [3.05, 3.63) is 54.7 Å². The van der Waals surface area contributed by atoms with Gasteiger partial charge >= 0.3 is 0 Å². The van der Waals surface area contributed by atoms with E-state index in [0.29, 0.717) is 0 Å². The molecule has 3 rings (SSSR count). The Bertz CT molecular complexity index is 789. The molecule has 2 N–H and O–H groups in total. The zero-order valence-corrected chi connectivity index (χ0v) is 14.6. The zero-order valence-electron chi connectivity index (χ0n) is 14.6. The van der Waals surface area contributed by atoms with Crippen LogP contribution in [0.2, 0.25) is 0 Å². The van der Waals surface area contributed by atoms with Crippen molar-refractivity contribution in [1.29, 1.82) is 0 Å². The van der Waals surface area contributed by atoms with E-state index in [1.807, 2.05) is 40.9 Å². The summed E-state index contributed by atoms with van der Waals surface area (Å²) in [4.78, 5) is 4.64. The van der Waals surface area contributed by atoms with Crippen molar-refractivity contribution in [2.45, 2.75) is 26.3 Å². The number of aliphatic imine (C=N–C) groups is 1. The Kier molecular flexibility index (Phi) is 6.03. The van der Waals surface area contributed by atoms with Gasteiger partial charge in [0.1, 0.15) is 5.82 Å². The molecule has 0 amide bonds. The first-order valence-corrected chi connectivity index (χ1v) is 8.78. The standard InChI is InChI=1S/C18H25N7/c1-2-19-18(21-11-15-24-12-5-6-13-24)20-10-7-9-17-23-22-16-8-3-4-14-25(16)17/h3-6,8,12-14H,2,7,9-11,15H2,1H3,(H2,19,20,21). The van der Waals surface area contributed by atoms with Crippen molar-refractivity contribution in [2.75, 3.05) is 19.6 Å². The van der Waals surface area contributed by atoms with E-state index < -0.39 is 0 Å². The second-order valence-corrected chi connectivity index (χ2v) is 5.76. The van der Waals surface area contributed by atoms with Crippen LogP contribution in [-0.4, -0.2) is 44.8 Å². The summed E-state index contributed by atoms with van der Waals surface area (Å²) in [6.45, 7) is 5.44. The number of guanidine groups is 1. The summed E-state index contributed by atoms with van der Waals surface area (Å²) in [5.41, 5.74) is 0.890. The minimum absolute atomic E-state index is 0.751. The Morgan fingerprint density at radius 1 is 1.08 bits per heavy atom. The maximum atomic E-state index is 4.64. The number of hydrogen-bond acceptors (Lipinski definition) is 3. The normalized spacial score (nSPS) is 11.8. The first-order valence-electron chi connectivity index (χ1n) is 8.78. The van der Waals surface area contributed by atoms with E-state index in [9.17, 15) is 0 Å². The average Bonchev–Trinajstić information content (AvgIpc) is 3.28. The van der Waals surface area contributed by atoms with Crippen LogP contribution in [0.5, 0.6) is 0 Å². The molecule has 0 aliphatic heterocycles. The molecule has 0 radical (unpaired) electrons. The maximum absolute atomic E-state index is 4.64. The van der Waals surface area contributed by atoms with E-state index in [2.05, 4.69) is 49.7 Å². The summed E-state index contributed by atoms with van der Waals surface area (Å²) in [5.74, 6) is 1.84. The van der Waals surface area contributed by atoms with Crippen LogP contribution in [0.4, 0.5) is 0 Å². The highest BCUT2D eigenvalue weighted by Gasteiger charge is 2.04. The van der Waals surface area contributed by atoms with Crippen LogP contribution in [0.15, 0.2) is 53.9 Å². The van der Waals surface area contributed by atoms with Gasteiger partial charge in [0.2, 0.25) is 0 Å². The molecule has 25 heavy (non-hydrogen) atoms. The number of hydrogen-bond donors (Lipinski definition) is 2. The quantitative estimate of drug-likeness (QED) is 0.372. The van der Waals surface area contributed by atoms with Gasteiger partial charge in [-0.3, -0.25) is 9.39 Å². The Labute approximate surface area is 147 Å². The van der Waals surface area contributed by atoms with Crippen molar-refractivity contribution in [3.8, 4) is 0 Å². The molecule has 7 heteroatoms. The monoisotopic (exact) mass is 339 g/mol. The smallest absolute Gasteiger partial charge is 0.191 e. The Morgan fingerprint density at radius 3 is 2.76 bits per heavy atom. The number of aryl methyl sites for hydroxylation is 1. The van der Waals surface area contributed by atoms with Crippen molar-refractivity contribution >= 4 is 11.6 Å². The third kappa shape index (κ3) is 4.82. The van der Waals surface area contributed by atoms with E-state index in [4.69, 9.17) is 0 Å². The van der Waals surface area contributed by atoms with Gasteiger partial charge in [0.05, 0.1) is 0 Å². The fraction of sp³-hybridized carbons (Fsp3) is 0.389. The number of nitrogens with zero attached hydrogens (tertiary/aromatic N) is 5. The van der Waals surface area contributed by atoms with E-state index in [-0.39, 0.29) is 0 Å². The number of pyridine rings is 1. The van der Waals surface area contributed by atoms with Gasteiger partial charge in [0.15, 0.2) is 11.6 Å². The lowest BCUT2D eigenvalue weighted by Crippen LogP contribution is -2.38. The number of fused-ring (bicyclic) bond motifs is 1. The predicted octanol–water partition coefficient (Wildman–Crippen LogP) is 1.72. The molecule has 0 aliphatic carbocycles. The van der Waals surface area contributed by atoms with Crippen molar-refractivity contribution in [3.63, 3.8) is 0 Å². The van der Waals surface area contributed by atoms with Gasteiger partial charge in [-0.25, -0.2) is 0 Å². The first-order chi connectivity index (χ1) is 12.4. The predicted molar refractivity (Wildman–Crippen MR) is 99.7 cm³/mol. The molecule has 7 nitrogen and oxygen atoms in total. The first kappa shape index (κ1) is 17.0. The fourth-order valence-corrected chi connectivity index (χ4v) is 2.65. The molecule has 0 saturated carbocycles. The minimum atomic E-state index is 0.751. The molecule has 0 saturated heterocycles.